The SMILES string of the molecule is CC(C)CNC(=O)NC(=O)CNC(Cc1ccccc1)c1ccccc1. The Labute approximate surface area is 155 Å². The summed E-state index contributed by atoms with van der Waals surface area (Å²) in [6.45, 7) is 4.60. The molecular weight excluding hydrogens is 326 g/mol. The fourth-order valence-corrected chi connectivity index (χ4v) is 2.57. The standard InChI is InChI=1S/C21H27N3O2/c1-16(2)14-23-21(26)24-20(25)15-22-19(18-11-7-4-8-12-18)13-17-9-5-3-6-10-17/h3-12,16,19,22H,13-15H2,1-2H3,(H2,23,24,25,26). The van der Waals surface area contributed by atoms with Crippen LogP contribution in [-0.2, 0) is 11.2 Å². The van der Waals surface area contributed by atoms with Crippen LogP contribution >= 0.6 is 0 Å². The van der Waals surface area contributed by atoms with Crippen molar-refractivity contribution < 1.29 is 9.59 Å². The zero-order valence-electron chi connectivity index (χ0n) is 15.4. The van der Waals surface area contributed by atoms with Crippen molar-refractivity contribution in [3.63, 3.8) is 0 Å². The minimum absolute atomic E-state index is 0.0110. The molecule has 0 saturated carbocycles. The van der Waals surface area contributed by atoms with Crippen LogP contribution in [0, 0.1) is 5.92 Å². The predicted octanol–water partition coefficient (Wildman–Crippen LogP) is 3.04. The van der Waals surface area contributed by atoms with Gasteiger partial charge in [-0.3, -0.25) is 10.1 Å². The molecule has 3 N–H and O–H groups in total. The number of imide groups is 1. The van der Waals surface area contributed by atoms with Gasteiger partial charge in [0, 0.05) is 12.6 Å². The lowest BCUT2D eigenvalue weighted by atomic mass is 9.99. The highest BCUT2D eigenvalue weighted by Gasteiger charge is 2.14. The van der Waals surface area contributed by atoms with Crippen molar-refractivity contribution in [3.05, 3.63) is 71.8 Å². The maximum absolute atomic E-state index is 12.1. The largest absolute Gasteiger partial charge is 0.338 e. The van der Waals surface area contributed by atoms with E-state index in [-0.39, 0.29) is 18.5 Å². The van der Waals surface area contributed by atoms with E-state index < -0.39 is 6.03 Å². The van der Waals surface area contributed by atoms with E-state index in [0.717, 1.165) is 12.0 Å². The van der Waals surface area contributed by atoms with Gasteiger partial charge >= 0.3 is 6.03 Å². The van der Waals surface area contributed by atoms with Crippen molar-refractivity contribution in [1.82, 2.24) is 16.0 Å². The molecule has 5 heteroatoms. The second kappa shape index (κ2) is 10.4. The lowest BCUT2D eigenvalue weighted by molar-refractivity contribution is -0.119. The van der Waals surface area contributed by atoms with Crippen molar-refractivity contribution in [3.8, 4) is 0 Å². The minimum Gasteiger partial charge on any atom is -0.338 e. The minimum atomic E-state index is -0.454. The number of amides is 3. The third-order valence-electron chi connectivity index (χ3n) is 3.92. The third kappa shape index (κ3) is 7.07. The van der Waals surface area contributed by atoms with Crippen molar-refractivity contribution >= 4 is 11.9 Å². The first-order valence-corrected chi connectivity index (χ1v) is 8.94. The molecule has 0 fully saturated rings. The zero-order valence-corrected chi connectivity index (χ0v) is 15.4. The van der Waals surface area contributed by atoms with E-state index in [1.54, 1.807) is 0 Å². The summed E-state index contributed by atoms with van der Waals surface area (Å²) in [5.41, 5.74) is 2.29. The predicted molar refractivity (Wildman–Crippen MR) is 104 cm³/mol. The number of carbonyl (C=O) groups is 2. The van der Waals surface area contributed by atoms with Crippen LogP contribution in [0.3, 0.4) is 0 Å². The van der Waals surface area contributed by atoms with Crippen LogP contribution in [0.2, 0.25) is 0 Å². The summed E-state index contributed by atoms with van der Waals surface area (Å²) in [7, 11) is 0. The summed E-state index contributed by atoms with van der Waals surface area (Å²) in [5, 5.41) is 8.29. The maximum Gasteiger partial charge on any atom is 0.321 e. The highest BCUT2D eigenvalue weighted by molar-refractivity contribution is 5.95. The van der Waals surface area contributed by atoms with Crippen LogP contribution in [-0.4, -0.2) is 25.0 Å². The normalized spacial score (nSPS) is 11.8. The Hall–Kier alpha value is -2.66. The smallest absolute Gasteiger partial charge is 0.321 e. The van der Waals surface area contributed by atoms with Gasteiger partial charge in [0.1, 0.15) is 0 Å². The second-order valence-corrected chi connectivity index (χ2v) is 6.69. The molecule has 2 aromatic rings. The summed E-state index contributed by atoms with van der Waals surface area (Å²) in [4.78, 5) is 23.7. The van der Waals surface area contributed by atoms with Gasteiger partial charge in [0.05, 0.1) is 6.54 Å². The molecule has 2 rings (SSSR count). The average molecular weight is 353 g/mol. The molecule has 2 aromatic carbocycles. The number of rotatable bonds is 8. The van der Waals surface area contributed by atoms with Gasteiger partial charge in [0.2, 0.25) is 5.91 Å². The first-order chi connectivity index (χ1) is 12.5. The van der Waals surface area contributed by atoms with Gasteiger partial charge < -0.3 is 10.6 Å². The molecule has 3 amide bonds. The van der Waals surface area contributed by atoms with Gasteiger partial charge in [-0.1, -0.05) is 74.5 Å². The molecule has 5 nitrogen and oxygen atoms in total. The summed E-state index contributed by atoms with van der Waals surface area (Å²) >= 11 is 0. The zero-order chi connectivity index (χ0) is 18.8. The van der Waals surface area contributed by atoms with E-state index in [2.05, 4.69) is 28.1 Å². The highest BCUT2D eigenvalue weighted by Crippen LogP contribution is 2.18. The van der Waals surface area contributed by atoms with Crippen LogP contribution in [0.25, 0.3) is 0 Å². The van der Waals surface area contributed by atoms with Crippen LogP contribution in [0.15, 0.2) is 60.7 Å². The molecule has 0 bridgehead atoms. The Morgan fingerprint density at radius 2 is 1.54 bits per heavy atom. The molecule has 0 radical (unpaired) electrons. The van der Waals surface area contributed by atoms with Gasteiger partial charge in [-0.05, 0) is 23.5 Å². The fraction of sp³-hybridized carbons (Fsp3) is 0.333. The van der Waals surface area contributed by atoms with Crippen molar-refractivity contribution in [1.29, 1.82) is 0 Å². The lowest BCUT2D eigenvalue weighted by Crippen LogP contribution is -2.45. The van der Waals surface area contributed by atoms with Gasteiger partial charge in [-0.25, -0.2) is 4.79 Å². The Bertz CT molecular complexity index is 687. The van der Waals surface area contributed by atoms with E-state index >= 15 is 0 Å². The number of urea groups is 1. The van der Waals surface area contributed by atoms with Gasteiger partial charge in [0.25, 0.3) is 0 Å². The van der Waals surface area contributed by atoms with Crippen molar-refractivity contribution in [2.75, 3.05) is 13.1 Å². The lowest BCUT2D eigenvalue weighted by Gasteiger charge is -2.19. The molecule has 0 aliphatic carbocycles. The molecule has 1 atom stereocenters. The monoisotopic (exact) mass is 353 g/mol. The number of nitrogens with one attached hydrogen (secondary N) is 3. The number of hydrogen-bond acceptors (Lipinski definition) is 3. The Balaban J connectivity index is 1.92. The molecule has 0 aliphatic rings. The molecule has 0 saturated heterocycles. The summed E-state index contributed by atoms with van der Waals surface area (Å²) in [5.74, 6) is -0.0115. The van der Waals surface area contributed by atoms with E-state index in [4.69, 9.17) is 0 Å². The van der Waals surface area contributed by atoms with E-state index in [1.165, 1.54) is 5.56 Å². The average Bonchev–Trinajstić information content (AvgIpc) is 2.65. The van der Waals surface area contributed by atoms with Crippen molar-refractivity contribution in [2.45, 2.75) is 26.3 Å². The molecule has 26 heavy (non-hydrogen) atoms. The number of benzene rings is 2. The first kappa shape index (κ1) is 19.7. The third-order valence-corrected chi connectivity index (χ3v) is 3.92. The topological polar surface area (TPSA) is 70.2 Å². The van der Waals surface area contributed by atoms with Crippen LogP contribution in [0.4, 0.5) is 4.79 Å². The van der Waals surface area contributed by atoms with E-state index in [9.17, 15) is 9.59 Å². The van der Waals surface area contributed by atoms with Crippen molar-refractivity contribution in [2.24, 2.45) is 5.92 Å². The van der Waals surface area contributed by atoms with Crippen LogP contribution in [0.5, 0.6) is 0 Å². The van der Waals surface area contributed by atoms with Gasteiger partial charge in [-0.2, -0.15) is 0 Å². The number of carbonyl (C=O) groups excluding carboxylic acids is 2. The second-order valence-electron chi connectivity index (χ2n) is 6.69. The summed E-state index contributed by atoms with van der Waals surface area (Å²) in [6.07, 6.45) is 0.762. The molecular formula is C21H27N3O2. The molecule has 0 heterocycles. The van der Waals surface area contributed by atoms with Gasteiger partial charge in [0.15, 0.2) is 0 Å². The highest BCUT2D eigenvalue weighted by atomic mass is 16.2. The summed E-state index contributed by atoms with van der Waals surface area (Å²) < 4.78 is 0. The quantitative estimate of drug-likeness (QED) is 0.683. The molecule has 138 valence electrons. The molecule has 0 spiro atoms. The first-order valence-electron chi connectivity index (χ1n) is 8.94. The Kier molecular flexibility index (Phi) is 7.83. The fourth-order valence-electron chi connectivity index (χ4n) is 2.57. The molecule has 0 aromatic heterocycles. The molecule has 0 aliphatic heterocycles. The molecule has 1 unspecified atom stereocenters. The van der Waals surface area contributed by atoms with E-state index in [0.29, 0.717) is 12.5 Å². The Morgan fingerprint density at radius 3 is 2.15 bits per heavy atom. The van der Waals surface area contributed by atoms with Gasteiger partial charge in [-0.15, -0.1) is 0 Å². The Morgan fingerprint density at radius 1 is 0.923 bits per heavy atom. The number of hydrogen-bond donors (Lipinski definition) is 3. The van der Waals surface area contributed by atoms with Crippen LogP contribution in [0.1, 0.15) is 31.0 Å². The van der Waals surface area contributed by atoms with Crippen LogP contribution < -0.4 is 16.0 Å². The maximum atomic E-state index is 12.1. The summed E-state index contributed by atoms with van der Waals surface area (Å²) in [6, 6.07) is 19.7. The van der Waals surface area contributed by atoms with E-state index in [1.807, 2.05) is 62.4 Å².